The first kappa shape index (κ1) is 25.4. The Balaban J connectivity index is 0.00000320. The molecule has 30 heavy (non-hydrogen) atoms. The molecule has 1 unspecified atom stereocenters. The molecule has 162 valence electrons. The number of unbranched alkanes of at least 4 members (excludes halogenated alkanes) is 1. The van der Waals surface area contributed by atoms with Crippen molar-refractivity contribution in [3.63, 3.8) is 0 Å². The molecule has 0 spiro atoms. The van der Waals surface area contributed by atoms with E-state index in [4.69, 9.17) is 39.5 Å². The van der Waals surface area contributed by atoms with Gasteiger partial charge in [0.25, 0.3) is 0 Å². The summed E-state index contributed by atoms with van der Waals surface area (Å²) in [5, 5.41) is 1.18. The summed E-state index contributed by atoms with van der Waals surface area (Å²) < 4.78 is 10.6. The summed E-state index contributed by atoms with van der Waals surface area (Å²) >= 11 is 19.7. The van der Waals surface area contributed by atoms with E-state index in [1.165, 1.54) is 11.3 Å². The Morgan fingerprint density at radius 3 is 2.70 bits per heavy atom. The SMILES string of the molecule is CCCCOC(C[n+]1ccn(CC(=O)c2ccc(Cl)s2)c1)c1ccc(Cl)cc1Cl.[Br-]. The number of ether oxygens (including phenoxy) is 1. The van der Waals surface area contributed by atoms with E-state index < -0.39 is 0 Å². The molecular weight excluding hydrogens is 531 g/mol. The third kappa shape index (κ3) is 7.08. The van der Waals surface area contributed by atoms with Crippen molar-refractivity contribution in [1.29, 1.82) is 0 Å². The summed E-state index contributed by atoms with van der Waals surface area (Å²) in [5.41, 5.74) is 0.900. The molecular formula is C21H22BrCl3N2O2S. The summed E-state index contributed by atoms with van der Waals surface area (Å²) in [5.74, 6) is 0.0288. The first-order valence-corrected chi connectivity index (χ1v) is 11.3. The van der Waals surface area contributed by atoms with Gasteiger partial charge >= 0.3 is 0 Å². The van der Waals surface area contributed by atoms with E-state index in [2.05, 4.69) is 6.92 Å². The number of Topliss-reactive ketones (excluding diaryl/α,β-unsaturated/α-hetero) is 1. The molecule has 0 fully saturated rings. The maximum absolute atomic E-state index is 12.4. The van der Waals surface area contributed by atoms with Gasteiger partial charge in [0.15, 0.2) is 6.54 Å². The standard InChI is InChI=1S/C21H22Cl3N2O2S.BrH/c1-2-3-10-28-19(16-5-4-15(22)11-17(16)23)13-26-9-8-25(14-26)12-18(27)20-6-7-21(24)29-20;/h4-9,11,14,19H,2-3,10,12-13H2,1H3;1H/q+1;/p-1. The van der Waals surface area contributed by atoms with Gasteiger partial charge in [0.1, 0.15) is 25.0 Å². The van der Waals surface area contributed by atoms with Crippen LogP contribution in [0.3, 0.4) is 0 Å². The molecule has 0 aliphatic heterocycles. The zero-order valence-electron chi connectivity index (χ0n) is 16.4. The predicted octanol–water partition coefficient (Wildman–Crippen LogP) is 3.24. The fourth-order valence-electron chi connectivity index (χ4n) is 2.91. The minimum absolute atomic E-state index is 0. The topological polar surface area (TPSA) is 35.1 Å². The molecule has 3 aromatic rings. The smallest absolute Gasteiger partial charge is 0.244 e. The maximum Gasteiger partial charge on any atom is 0.244 e. The minimum atomic E-state index is -0.209. The Bertz CT molecular complexity index is 977. The average Bonchev–Trinajstić information content (AvgIpc) is 3.30. The predicted molar refractivity (Wildman–Crippen MR) is 118 cm³/mol. The molecule has 3 rings (SSSR count). The van der Waals surface area contributed by atoms with Gasteiger partial charge in [-0.2, -0.15) is 0 Å². The van der Waals surface area contributed by atoms with Crippen molar-refractivity contribution in [3.05, 3.63) is 73.9 Å². The molecule has 0 radical (unpaired) electrons. The van der Waals surface area contributed by atoms with E-state index >= 15 is 0 Å². The molecule has 1 aromatic carbocycles. The van der Waals surface area contributed by atoms with Gasteiger partial charge in [0.2, 0.25) is 12.1 Å². The average molecular weight is 553 g/mol. The number of nitrogens with zero attached hydrogens (tertiary/aromatic N) is 2. The molecule has 1 atom stereocenters. The Morgan fingerprint density at radius 2 is 2.03 bits per heavy atom. The molecule has 0 bridgehead atoms. The van der Waals surface area contributed by atoms with Crippen LogP contribution in [0.2, 0.25) is 14.4 Å². The first-order chi connectivity index (χ1) is 14.0. The number of thiophene rings is 1. The van der Waals surface area contributed by atoms with Crippen LogP contribution in [-0.2, 0) is 17.8 Å². The Hall–Kier alpha value is -0.890. The number of benzene rings is 1. The van der Waals surface area contributed by atoms with E-state index in [0.717, 1.165) is 18.4 Å². The highest BCUT2D eigenvalue weighted by molar-refractivity contribution is 7.18. The zero-order valence-corrected chi connectivity index (χ0v) is 21.0. The number of carbonyl (C=O) groups is 1. The Labute approximate surface area is 206 Å². The van der Waals surface area contributed by atoms with Gasteiger partial charge in [-0.1, -0.05) is 54.2 Å². The molecule has 0 saturated heterocycles. The van der Waals surface area contributed by atoms with Crippen molar-refractivity contribution in [2.45, 2.75) is 39.0 Å². The fourth-order valence-corrected chi connectivity index (χ4v) is 4.42. The van der Waals surface area contributed by atoms with Crippen LogP contribution in [0.1, 0.15) is 41.1 Å². The second kappa shape index (κ2) is 12.2. The number of ketones is 1. The lowest BCUT2D eigenvalue weighted by atomic mass is 10.1. The third-order valence-corrected chi connectivity index (χ3v) is 6.26. The number of carbonyl (C=O) groups excluding carboxylic acids is 1. The van der Waals surface area contributed by atoms with Gasteiger partial charge in [-0.25, -0.2) is 9.13 Å². The van der Waals surface area contributed by atoms with Gasteiger partial charge in [0, 0.05) is 22.2 Å². The quantitative estimate of drug-likeness (QED) is 0.220. The summed E-state index contributed by atoms with van der Waals surface area (Å²) in [6, 6.07) is 8.95. The molecule has 0 amide bonds. The number of hydrogen-bond donors (Lipinski definition) is 0. The first-order valence-electron chi connectivity index (χ1n) is 9.36. The Kier molecular flexibility index (Phi) is 10.3. The van der Waals surface area contributed by atoms with Crippen LogP contribution in [0.15, 0.2) is 49.1 Å². The summed E-state index contributed by atoms with van der Waals surface area (Å²) in [6.45, 7) is 3.61. The highest BCUT2D eigenvalue weighted by Crippen LogP contribution is 2.29. The van der Waals surface area contributed by atoms with Crippen LogP contribution < -0.4 is 21.5 Å². The molecule has 0 aliphatic rings. The second-order valence-electron chi connectivity index (χ2n) is 6.69. The molecule has 2 aromatic heterocycles. The lowest BCUT2D eigenvalue weighted by Crippen LogP contribution is -3.00. The van der Waals surface area contributed by atoms with Crippen molar-refractivity contribution in [2.24, 2.45) is 0 Å². The number of rotatable bonds is 10. The fraction of sp³-hybridized carbons (Fsp3) is 0.333. The molecule has 0 aliphatic carbocycles. The lowest BCUT2D eigenvalue weighted by molar-refractivity contribution is -0.704. The van der Waals surface area contributed by atoms with Crippen LogP contribution in [0.25, 0.3) is 0 Å². The normalized spacial score (nSPS) is 11.9. The molecule has 9 heteroatoms. The van der Waals surface area contributed by atoms with E-state index in [-0.39, 0.29) is 35.4 Å². The summed E-state index contributed by atoms with van der Waals surface area (Å²) in [7, 11) is 0. The van der Waals surface area contributed by atoms with Crippen LogP contribution >= 0.6 is 46.1 Å². The van der Waals surface area contributed by atoms with Crippen molar-refractivity contribution < 1.29 is 31.1 Å². The van der Waals surface area contributed by atoms with Crippen LogP contribution in [0, 0.1) is 0 Å². The van der Waals surface area contributed by atoms with E-state index in [9.17, 15) is 4.79 Å². The number of hydrogen-bond acceptors (Lipinski definition) is 3. The van der Waals surface area contributed by atoms with E-state index in [0.29, 0.717) is 32.4 Å². The van der Waals surface area contributed by atoms with Crippen molar-refractivity contribution in [1.82, 2.24) is 4.57 Å². The number of imidazole rings is 1. The summed E-state index contributed by atoms with van der Waals surface area (Å²) in [6.07, 6.45) is 7.52. The van der Waals surface area contributed by atoms with Gasteiger partial charge < -0.3 is 21.7 Å². The highest BCUT2D eigenvalue weighted by Gasteiger charge is 2.20. The van der Waals surface area contributed by atoms with Crippen molar-refractivity contribution >= 4 is 51.9 Å². The van der Waals surface area contributed by atoms with Gasteiger partial charge in [-0.05, 0) is 30.7 Å². The third-order valence-electron chi connectivity index (χ3n) is 4.42. The van der Waals surface area contributed by atoms with Crippen LogP contribution in [0.5, 0.6) is 0 Å². The maximum atomic E-state index is 12.4. The second-order valence-corrected chi connectivity index (χ2v) is 9.25. The summed E-state index contributed by atoms with van der Waals surface area (Å²) in [4.78, 5) is 13.1. The zero-order chi connectivity index (χ0) is 20.8. The van der Waals surface area contributed by atoms with E-state index in [1.807, 2.05) is 40.0 Å². The number of halogens is 4. The number of aromatic nitrogens is 2. The van der Waals surface area contributed by atoms with Gasteiger partial charge in [-0.3, -0.25) is 4.79 Å². The molecule has 2 heterocycles. The largest absolute Gasteiger partial charge is 1.00 e. The van der Waals surface area contributed by atoms with E-state index in [1.54, 1.807) is 18.2 Å². The highest BCUT2D eigenvalue weighted by atomic mass is 79.9. The molecule has 4 nitrogen and oxygen atoms in total. The monoisotopic (exact) mass is 550 g/mol. The van der Waals surface area contributed by atoms with Crippen molar-refractivity contribution in [2.75, 3.05) is 6.61 Å². The Morgan fingerprint density at radius 1 is 1.23 bits per heavy atom. The molecule has 0 N–H and O–H groups in total. The minimum Gasteiger partial charge on any atom is -1.00 e. The van der Waals surface area contributed by atoms with Crippen LogP contribution in [0.4, 0.5) is 0 Å². The van der Waals surface area contributed by atoms with Gasteiger partial charge in [0.05, 0.1) is 9.21 Å². The van der Waals surface area contributed by atoms with Crippen molar-refractivity contribution in [3.8, 4) is 0 Å². The molecule has 0 saturated carbocycles. The lowest BCUT2D eigenvalue weighted by Gasteiger charge is -2.18. The van der Waals surface area contributed by atoms with Gasteiger partial charge in [-0.15, -0.1) is 11.3 Å². The van der Waals surface area contributed by atoms with Crippen LogP contribution in [-0.4, -0.2) is 17.0 Å².